The summed E-state index contributed by atoms with van der Waals surface area (Å²) in [6.45, 7) is 1.49. The second kappa shape index (κ2) is 6.99. The van der Waals surface area contributed by atoms with Gasteiger partial charge in [-0.2, -0.15) is 0 Å². The largest absolute Gasteiger partial charge is 0.496 e. The highest BCUT2D eigenvalue weighted by molar-refractivity contribution is 5.80. The van der Waals surface area contributed by atoms with Crippen LogP contribution in [0.15, 0.2) is 66.9 Å². The molecule has 0 atom stereocenters. The van der Waals surface area contributed by atoms with Crippen molar-refractivity contribution in [3.8, 4) is 11.4 Å². The molecule has 148 valence electrons. The van der Waals surface area contributed by atoms with Crippen LogP contribution in [0.2, 0.25) is 0 Å². The zero-order valence-corrected chi connectivity index (χ0v) is 16.6. The van der Waals surface area contributed by atoms with Gasteiger partial charge in [0.25, 0.3) is 0 Å². The van der Waals surface area contributed by atoms with Crippen molar-refractivity contribution >= 4 is 11.6 Å². The Morgan fingerprint density at radius 2 is 1.79 bits per heavy atom. The van der Waals surface area contributed by atoms with E-state index in [-0.39, 0.29) is 11.4 Å². The van der Waals surface area contributed by atoms with E-state index in [1.165, 1.54) is 11.4 Å². The van der Waals surface area contributed by atoms with Crippen LogP contribution in [0.1, 0.15) is 24.1 Å². The lowest BCUT2D eigenvalue weighted by molar-refractivity contribution is -0.132. The quantitative estimate of drug-likeness (QED) is 0.740. The van der Waals surface area contributed by atoms with Crippen molar-refractivity contribution in [3.05, 3.63) is 78.1 Å². The van der Waals surface area contributed by atoms with E-state index in [0.717, 1.165) is 42.9 Å². The first-order valence-corrected chi connectivity index (χ1v) is 10.2. The van der Waals surface area contributed by atoms with Gasteiger partial charge in [-0.05, 0) is 43.2 Å². The van der Waals surface area contributed by atoms with Gasteiger partial charge in [-0.1, -0.05) is 30.3 Å². The van der Waals surface area contributed by atoms with Gasteiger partial charge in [0, 0.05) is 30.5 Å². The molecule has 5 rings (SSSR count). The number of para-hydroxylation sites is 3. The number of fused-ring (bicyclic) bond motifs is 4. The summed E-state index contributed by atoms with van der Waals surface area (Å²) < 4.78 is 7.69. The van der Waals surface area contributed by atoms with Crippen LogP contribution in [0.4, 0.5) is 5.69 Å². The topological polar surface area (TPSA) is 46.5 Å². The number of nitrogens with zero attached hydrogens (tertiary/aromatic N) is 2. The molecule has 2 aliphatic rings. The number of benzene rings is 2. The molecule has 3 heterocycles. The van der Waals surface area contributed by atoms with E-state index in [1.807, 2.05) is 29.2 Å². The number of aromatic nitrogens is 1. The Bertz CT molecular complexity index is 1050. The maximum Gasteiger partial charge on any atom is 0.227 e. The standard InChI is InChI=1S/C24H25N3O2/c1-29-21-10-5-2-7-18(21)17-23(28)26-15-12-24(13-16-26)22-11-6-14-27(22)20-9-4-3-8-19(20)25-24/h2-11,14,25H,12-13,15-17H2,1H3. The fraction of sp³-hybridized carbons (Fsp3) is 0.292. The van der Waals surface area contributed by atoms with Crippen molar-refractivity contribution in [2.45, 2.75) is 24.8 Å². The summed E-state index contributed by atoms with van der Waals surface area (Å²) in [4.78, 5) is 14.9. The average Bonchev–Trinajstić information content (AvgIpc) is 3.26. The van der Waals surface area contributed by atoms with E-state index in [9.17, 15) is 4.79 Å². The van der Waals surface area contributed by atoms with Crippen molar-refractivity contribution < 1.29 is 9.53 Å². The molecule has 0 unspecified atom stereocenters. The number of hydrogen-bond acceptors (Lipinski definition) is 3. The van der Waals surface area contributed by atoms with E-state index in [1.54, 1.807) is 7.11 Å². The molecule has 2 aliphatic heterocycles. The second-order valence-corrected chi connectivity index (χ2v) is 7.86. The molecule has 1 fully saturated rings. The molecule has 0 radical (unpaired) electrons. The van der Waals surface area contributed by atoms with Gasteiger partial charge < -0.3 is 19.5 Å². The van der Waals surface area contributed by atoms with Crippen LogP contribution in [-0.2, 0) is 16.8 Å². The van der Waals surface area contributed by atoms with E-state index in [0.29, 0.717) is 6.42 Å². The van der Waals surface area contributed by atoms with Crippen LogP contribution in [-0.4, -0.2) is 35.6 Å². The summed E-state index contributed by atoms with van der Waals surface area (Å²) in [5, 5.41) is 3.80. The Hall–Kier alpha value is -3.21. The van der Waals surface area contributed by atoms with E-state index < -0.39 is 0 Å². The van der Waals surface area contributed by atoms with Crippen LogP contribution in [0, 0.1) is 0 Å². The first-order chi connectivity index (χ1) is 14.2. The lowest BCUT2D eigenvalue weighted by Gasteiger charge is -2.46. The normalized spacial score (nSPS) is 16.7. The number of anilines is 1. The Morgan fingerprint density at radius 3 is 2.62 bits per heavy atom. The molecule has 5 nitrogen and oxygen atoms in total. The molecule has 0 bridgehead atoms. The average molecular weight is 387 g/mol. The van der Waals surface area contributed by atoms with Crippen molar-refractivity contribution in [1.29, 1.82) is 0 Å². The van der Waals surface area contributed by atoms with Gasteiger partial charge in [0.15, 0.2) is 0 Å². The second-order valence-electron chi connectivity index (χ2n) is 7.86. The summed E-state index contributed by atoms with van der Waals surface area (Å²) in [5.74, 6) is 0.939. The summed E-state index contributed by atoms with van der Waals surface area (Å²) in [6, 6.07) is 20.5. The van der Waals surface area contributed by atoms with Crippen LogP contribution in [0.3, 0.4) is 0 Å². The SMILES string of the molecule is COc1ccccc1CC(=O)N1CCC2(CC1)Nc1ccccc1-n1cccc12. The van der Waals surface area contributed by atoms with Crippen LogP contribution in [0.5, 0.6) is 5.75 Å². The Kier molecular flexibility index (Phi) is 4.31. The van der Waals surface area contributed by atoms with Gasteiger partial charge in [-0.25, -0.2) is 0 Å². The van der Waals surface area contributed by atoms with Crippen molar-refractivity contribution in [1.82, 2.24) is 9.47 Å². The molecule has 1 N–H and O–H groups in total. The van der Waals surface area contributed by atoms with E-state index in [4.69, 9.17) is 4.74 Å². The Balaban J connectivity index is 1.34. The third-order valence-electron chi connectivity index (χ3n) is 6.28. The summed E-state index contributed by atoms with van der Waals surface area (Å²) in [6.07, 6.45) is 4.30. The number of amides is 1. The number of likely N-dealkylation sites (tertiary alicyclic amines) is 1. The van der Waals surface area contributed by atoms with Crippen molar-refractivity contribution in [3.63, 3.8) is 0 Å². The molecule has 0 aliphatic carbocycles. The Morgan fingerprint density at radius 1 is 1.03 bits per heavy atom. The predicted molar refractivity (Wildman–Crippen MR) is 114 cm³/mol. The number of carbonyl (C=O) groups excluding carboxylic acids is 1. The zero-order valence-electron chi connectivity index (χ0n) is 16.6. The first-order valence-electron chi connectivity index (χ1n) is 10.2. The number of hydrogen-bond donors (Lipinski definition) is 1. The minimum atomic E-state index is -0.126. The highest BCUT2D eigenvalue weighted by Gasteiger charge is 2.42. The molecule has 1 aromatic heterocycles. The lowest BCUT2D eigenvalue weighted by atomic mass is 9.82. The third kappa shape index (κ3) is 2.97. The van der Waals surface area contributed by atoms with Gasteiger partial charge >= 0.3 is 0 Å². The van der Waals surface area contributed by atoms with Crippen LogP contribution < -0.4 is 10.1 Å². The van der Waals surface area contributed by atoms with Gasteiger partial charge in [0.2, 0.25) is 5.91 Å². The molecular formula is C24H25N3O2. The highest BCUT2D eigenvalue weighted by atomic mass is 16.5. The maximum absolute atomic E-state index is 12.9. The number of ether oxygens (including phenoxy) is 1. The van der Waals surface area contributed by atoms with Gasteiger partial charge in [0.05, 0.1) is 30.4 Å². The van der Waals surface area contributed by atoms with Crippen molar-refractivity contribution in [2.24, 2.45) is 0 Å². The minimum absolute atomic E-state index is 0.126. The van der Waals surface area contributed by atoms with Gasteiger partial charge in [0.1, 0.15) is 5.75 Å². The fourth-order valence-corrected chi connectivity index (χ4v) is 4.73. The first kappa shape index (κ1) is 17.9. The minimum Gasteiger partial charge on any atom is -0.496 e. The number of methoxy groups -OCH3 is 1. The summed E-state index contributed by atoms with van der Waals surface area (Å²) in [7, 11) is 1.65. The smallest absolute Gasteiger partial charge is 0.227 e. The van der Waals surface area contributed by atoms with Gasteiger partial charge in [-0.15, -0.1) is 0 Å². The monoisotopic (exact) mass is 387 g/mol. The highest BCUT2D eigenvalue weighted by Crippen LogP contribution is 2.43. The fourth-order valence-electron chi connectivity index (χ4n) is 4.73. The maximum atomic E-state index is 12.9. The Labute approximate surface area is 170 Å². The molecule has 0 saturated carbocycles. The molecule has 1 saturated heterocycles. The molecule has 1 amide bonds. The molecular weight excluding hydrogens is 362 g/mol. The van der Waals surface area contributed by atoms with Crippen LogP contribution in [0.25, 0.3) is 5.69 Å². The number of carbonyl (C=O) groups is 1. The molecule has 29 heavy (non-hydrogen) atoms. The molecule has 5 heteroatoms. The van der Waals surface area contributed by atoms with E-state index in [2.05, 4.69) is 52.5 Å². The number of piperidine rings is 1. The summed E-state index contributed by atoms with van der Waals surface area (Å²) in [5.41, 5.74) is 4.45. The number of nitrogens with one attached hydrogen (secondary N) is 1. The lowest BCUT2D eigenvalue weighted by Crippen LogP contribution is -2.51. The van der Waals surface area contributed by atoms with E-state index >= 15 is 0 Å². The third-order valence-corrected chi connectivity index (χ3v) is 6.28. The van der Waals surface area contributed by atoms with Gasteiger partial charge in [-0.3, -0.25) is 4.79 Å². The predicted octanol–water partition coefficient (Wildman–Crippen LogP) is 3.97. The van der Waals surface area contributed by atoms with Crippen molar-refractivity contribution in [2.75, 3.05) is 25.5 Å². The number of rotatable bonds is 3. The molecule has 3 aromatic rings. The zero-order chi connectivity index (χ0) is 19.8. The molecule has 2 aromatic carbocycles. The van der Waals surface area contributed by atoms with Crippen LogP contribution >= 0.6 is 0 Å². The molecule has 1 spiro atoms. The summed E-state index contributed by atoms with van der Waals surface area (Å²) >= 11 is 0.